The fourth-order valence-corrected chi connectivity index (χ4v) is 3.59. The molecule has 1 aliphatic rings. The lowest BCUT2D eigenvalue weighted by molar-refractivity contribution is -0.904. The number of rotatable bonds is 3. The Balaban J connectivity index is 1.95. The predicted molar refractivity (Wildman–Crippen MR) is 83.6 cm³/mol. The summed E-state index contributed by atoms with van der Waals surface area (Å²) >= 11 is 12.1. The van der Waals surface area contributed by atoms with Gasteiger partial charge in [-0.1, -0.05) is 43.1 Å². The Kier molecular flexibility index (Phi) is 5.30. The number of amides is 1. The van der Waals surface area contributed by atoms with Crippen molar-refractivity contribution in [1.82, 2.24) is 0 Å². The molecule has 0 saturated carbocycles. The number of likely N-dealkylation sites (tertiary alicyclic amines) is 1. The van der Waals surface area contributed by atoms with Gasteiger partial charge in [-0.3, -0.25) is 4.79 Å². The van der Waals surface area contributed by atoms with E-state index in [1.54, 1.807) is 18.2 Å². The number of piperidine rings is 1. The molecule has 0 aliphatic carbocycles. The summed E-state index contributed by atoms with van der Waals surface area (Å²) in [4.78, 5) is 13.5. The number of carbonyl (C=O) groups is 1. The van der Waals surface area contributed by atoms with Gasteiger partial charge in [0.25, 0.3) is 5.91 Å². The number of carbonyl (C=O) groups excluding carboxylic acids is 1. The third-order valence-corrected chi connectivity index (χ3v) is 4.35. The van der Waals surface area contributed by atoms with E-state index < -0.39 is 0 Å². The second-order valence-electron chi connectivity index (χ2n) is 5.93. The molecule has 1 heterocycles. The number of anilines is 1. The molecule has 20 heavy (non-hydrogen) atoms. The molecule has 0 bridgehead atoms. The first-order chi connectivity index (χ1) is 9.45. The third kappa shape index (κ3) is 4.11. The standard InChI is InChI=1S/C15H20Cl2N2O/c1-10-6-11(2)8-19(7-10)9-14(20)18-15-12(16)4-3-5-13(15)17/h3-5,10-11H,6-9H2,1-2H3,(H,18,20)/p+1/t10-,11-/m1/s1. The SMILES string of the molecule is C[C@@H]1C[C@@H](C)C[NH+](CC(=O)Nc2c(Cl)cccc2Cl)C1. The normalized spacial score (nSPS) is 26.3. The van der Waals surface area contributed by atoms with Crippen LogP contribution in [0.3, 0.4) is 0 Å². The molecule has 110 valence electrons. The highest BCUT2D eigenvalue weighted by Gasteiger charge is 2.26. The van der Waals surface area contributed by atoms with E-state index >= 15 is 0 Å². The Morgan fingerprint density at radius 1 is 1.25 bits per heavy atom. The van der Waals surface area contributed by atoms with E-state index in [1.807, 2.05) is 0 Å². The van der Waals surface area contributed by atoms with Crippen molar-refractivity contribution in [3.63, 3.8) is 0 Å². The molecule has 2 atom stereocenters. The third-order valence-electron chi connectivity index (χ3n) is 3.72. The zero-order valence-electron chi connectivity index (χ0n) is 11.9. The van der Waals surface area contributed by atoms with Crippen molar-refractivity contribution in [2.45, 2.75) is 20.3 Å². The van der Waals surface area contributed by atoms with Gasteiger partial charge in [0, 0.05) is 11.8 Å². The van der Waals surface area contributed by atoms with Crippen molar-refractivity contribution in [2.75, 3.05) is 25.0 Å². The van der Waals surface area contributed by atoms with E-state index in [2.05, 4.69) is 19.2 Å². The van der Waals surface area contributed by atoms with E-state index in [-0.39, 0.29) is 5.91 Å². The average Bonchev–Trinajstić information content (AvgIpc) is 2.32. The fourth-order valence-electron chi connectivity index (χ4n) is 3.09. The lowest BCUT2D eigenvalue weighted by Crippen LogP contribution is -3.15. The minimum absolute atomic E-state index is 0.0312. The van der Waals surface area contributed by atoms with E-state index in [9.17, 15) is 4.79 Å². The summed E-state index contributed by atoms with van der Waals surface area (Å²) in [7, 11) is 0. The quantitative estimate of drug-likeness (QED) is 0.883. The van der Waals surface area contributed by atoms with Gasteiger partial charge < -0.3 is 10.2 Å². The maximum absolute atomic E-state index is 12.1. The van der Waals surface area contributed by atoms with Crippen LogP contribution in [0.2, 0.25) is 10.0 Å². The molecule has 2 N–H and O–H groups in total. The van der Waals surface area contributed by atoms with Crippen LogP contribution in [-0.2, 0) is 4.79 Å². The van der Waals surface area contributed by atoms with E-state index in [0.29, 0.717) is 34.1 Å². The van der Waals surface area contributed by atoms with Gasteiger partial charge in [0.05, 0.1) is 28.8 Å². The molecule has 0 unspecified atom stereocenters. The van der Waals surface area contributed by atoms with Gasteiger partial charge in [0.15, 0.2) is 6.54 Å². The lowest BCUT2D eigenvalue weighted by Gasteiger charge is -2.31. The molecule has 3 nitrogen and oxygen atoms in total. The number of hydrogen-bond donors (Lipinski definition) is 2. The first-order valence-corrected chi connectivity index (χ1v) is 7.78. The van der Waals surface area contributed by atoms with Crippen LogP contribution >= 0.6 is 23.2 Å². The second-order valence-corrected chi connectivity index (χ2v) is 6.74. The molecule has 1 amide bonds. The van der Waals surface area contributed by atoms with Crippen molar-refractivity contribution in [3.8, 4) is 0 Å². The van der Waals surface area contributed by atoms with Gasteiger partial charge in [-0.05, 0) is 18.6 Å². The smallest absolute Gasteiger partial charge is 0.279 e. The van der Waals surface area contributed by atoms with Crippen molar-refractivity contribution >= 4 is 34.8 Å². The number of para-hydroxylation sites is 1. The van der Waals surface area contributed by atoms with Crippen molar-refractivity contribution in [3.05, 3.63) is 28.2 Å². The summed E-state index contributed by atoms with van der Waals surface area (Å²) in [5.74, 6) is 1.31. The topological polar surface area (TPSA) is 33.5 Å². The van der Waals surface area contributed by atoms with Crippen molar-refractivity contribution < 1.29 is 9.69 Å². The number of quaternary nitrogens is 1. The fraction of sp³-hybridized carbons (Fsp3) is 0.533. The summed E-state index contributed by atoms with van der Waals surface area (Å²) in [6.07, 6.45) is 1.25. The lowest BCUT2D eigenvalue weighted by atomic mass is 9.92. The highest BCUT2D eigenvalue weighted by atomic mass is 35.5. The van der Waals surface area contributed by atoms with Crippen LogP contribution in [0.15, 0.2) is 18.2 Å². The maximum Gasteiger partial charge on any atom is 0.279 e. The predicted octanol–water partition coefficient (Wildman–Crippen LogP) is 2.49. The Morgan fingerprint density at radius 2 is 1.80 bits per heavy atom. The summed E-state index contributed by atoms with van der Waals surface area (Å²) in [6.45, 7) is 7.06. The summed E-state index contributed by atoms with van der Waals surface area (Å²) in [5, 5.41) is 3.78. The molecule has 1 aromatic carbocycles. The Bertz CT molecular complexity index is 463. The molecule has 1 fully saturated rings. The highest BCUT2D eigenvalue weighted by Crippen LogP contribution is 2.29. The second kappa shape index (κ2) is 6.79. The molecule has 1 aromatic rings. The van der Waals surface area contributed by atoms with E-state index in [1.165, 1.54) is 11.3 Å². The zero-order chi connectivity index (χ0) is 14.7. The average molecular weight is 316 g/mol. The minimum Gasteiger partial charge on any atom is -0.327 e. The molecule has 2 rings (SSSR count). The number of nitrogens with one attached hydrogen (secondary N) is 2. The molecule has 0 radical (unpaired) electrons. The van der Waals surface area contributed by atoms with Crippen LogP contribution in [-0.4, -0.2) is 25.5 Å². The Labute approximate surface area is 130 Å². The largest absolute Gasteiger partial charge is 0.327 e. The van der Waals surface area contributed by atoms with Crippen molar-refractivity contribution in [2.24, 2.45) is 11.8 Å². The van der Waals surface area contributed by atoms with Gasteiger partial charge in [-0.15, -0.1) is 0 Å². The molecule has 1 saturated heterocycles. The van der Waals surface area contributed by atoms with Gasteiger partial charge in [-0.25, -0.2) is 0 Å². The molecule has 0 aromatic heterocycles. The van der Waals surface area contributed by atoms with E-state index in [0.717, 1.165) is 13.1 Å². The Morgan fingerprint density at radius 3 is 2.35 bits per heavy atom. The van der Waals surface area contributed by atoms with Crippen LogP contribution in [0.25, 0.3) is 0 Å². The van der Waals surface area contributed by atoms with Crippen molar-refractivity contribution in [1.29, 1.82) is 0 Å². The highest BCUT2D eigenvalue weighted by molar-refractivity contribution is 6.39. The van der Waals surface area contributed by atoms with Crippen LogP contribution in [0, 0.1) is 11.8 Å². The minimum atomic E-state index is -0.0312. The van der Waals surface area contributed by atoms with Crippen LogP contribution in [0.4, 0.5) is 5.69 Å². The maximum atomic E-state index is 12.1. The molecular formula is C15H21Cl2N2O+. The summed E-state index contributed by atoms with van der Waals surface area (Å²) < 4.78 is 0. The van der Waals surface area contributed by atoms with Crippen LogP contribution in [0.1, 0.15) is 20.3 Å². The van der Waals surface area contributed by atoms with Gasteiger partial charge in [0.1, 0.15) is 0 Å². The summed E-state index contributed by atoms with van der Waals surface area (Å²) in [5.41, 5.74) is 0.512. The van der Waals surface area contributed by atoms with Gasteiger partial charge in [0.2, 0.25) is 0 Å². The van der Waals surface area contributed by atoms with Crippen LogP contribution < -0.4 is 10.2 Å². The van der Waals surface area contributed by atoms with E-state index in [4.69, 9.17) is 23.2 Å². The molecular weight excluding hydrogens is 295 g/mol. The monoisotopic (exact) mass is 315 g/mol. The zero-order valence-corrected chi connectivity index (χ0v) is 13.4. The number of benzene rings is 1. The van der Waals surface area contributed by atoms with Gasteiger partial charge >= 0.3 is 0 Å². The number of halogens is 2. The number of hydrogen-bond acceptors (Lipinski definition) is 1. The summed E-state index contributed by atoms with van der Waals surface area (Å²) in [6, 6.07) is 5.21. The first kappa shape index (κ1) is 15.6. The van der Waals surface area contributed by atoms with Gasteiger partial charge in [-0.2, -0.15) is 0 Å². The molecule has 1 aliphatic heterocycles. The Hall–Kier alpha value is -0.770. The first-order valence-electron chi connectivity index (χ1n) is 7.03. The molecule has 5 heteroatoms. The molecule has 0 spiro atoms. The van der Waals surface area contributed by atoms with Crippen LogP contribution in [0.5, 0.6) is 0 Å².